The van der Waals surface area contributed by atoms with Crippen molar-refractivity contribution in [2.75, 3.05) is 5.88 Å². The third kappa shape index (κ3) is 11.0. The Morgan fingerprint density at radius 2 is 1.86 bits per heavy atom. The van der Waals surface area contributed by atoms with Crippen LogP contribution in [0, 0.1) is 0 Å². The molecular weight excluding hydrogens is 218 g/mol. The molecule has 0 rings (SSSR count). The van der Waals surface area contributed by atoms with Crippen LogP contribution in [0.3, 0.4) is 0 Å². The van der Waals surface area contributed by atoms with Crippen LogP contribution < -0.4 is 0 Å². The molecule has 0 aliphatic heterocycles. The van der Waals surface area contributed by atoms with E-state index in [0.29, 0.717) is 0 Å². The van der Waals surface area contributed by atoms with E-state index < -0.39 is 0 Å². The topological polar surface area (TPSA) is 31.5 Å². The minimum absolute atomic E-state index is 0. The zero-order valence-corrected chi connectivity index (χ0v) is 7.82. The maximum Gasteiger partial charge on any atom is -0.412 e. The van der Waals surface area contributed by atoms with Crippen LogP contribution >= 0.6 is 11.6 Å². The average molecular weight is 228 g/mol. The molecular formula is C4H10ClOSn. The molecule has 0 aromatic carbocycles. The molecule has 7 heavy (non-hydrogen) atoms. The van der Waals surface area contributed by atoms with Crippen LogP contribution in [0.1, 0.15) is 12.8 Å². The van der Waals surface area contributed by atoms with Gasteiger partial charge >= 0.3 is 57.3 Å². The second-order valence-electron chi connectivity index (χ2n) is 1.15. The van der Waals surface area contributed by atoms with Crippen molar-refractivity contribution in [3.63, 3.8) is 0 Å². The predicted octanol–water partition coefficient (Wildman–Crippen LogP) is 0.767. The standard InChI is InChI=1S/C4H8Cl.H2O.Sn/c1-2-3-4-5;;/h1-4H2;1H2;. The quantitative estimate of drug-likeness (QED) is 0.388. The molecule has 0 saturated carbocycles. The molecule has 0 aliphatic rings. The van der Waals surface area contributed by atoms with Crippen LogP contribution in [0.4, 0.5) is 0 Å². The number of alkyl halides is 1. The van der Waals surface area contributed by atoms with Gasteiger partial charge in [-0.05, 0) is 0 Å². The Labute approximate surface area is 62.8 Å². The average Bonchev–Trinajstić information content (AvgIpc) is 1.61. The van der Waals surface area contributed by atoms with Gasteiger partial charge in [-0.15, -0.1) is 0 Å². The number of hydrogen-bond donors (Lipinski definition) is 0. The van der Waals surface area contributed by atoms with Crippen molar-refractivity contribution in [3.05, 3.63) is 0 Å². The van der Waals surface area contributed by atoms with Gasteiger partial charge in [0.1, 0.15) is 0 Å². The summed E-state index contributed by atoms with van der Waals surface area (Å²) in [5.41, 5.74) is 0. The van der Waals surface area contributed by atoms with E-state index in [-0.39, 0.29) is 5.48 Å². The number of hydrogen-bond acceptors (Lipinski definition) is 0. The minimum atomic E-state index is 0. The van der Waals surface area contributed by atoms with Crippen LogP contribution in [-0.2, 0) is 0 Å². The largest absolute Gasteiger partial charge is 0.412 e. The van der Waals surface area contributed by atoms with E-state index in [1.54, 1.807) is 22.5 Å². The molecule has 0 aromatic rings. The second-order valence-corrected chi connectivity index (χ2v) is 2.95. The summed E-state index contributed by atoms with van der Waals surface area (Å²) in [4.78, 5) is 0. The van der Waals surface area contributed by atoms with Gasteiger partial charge in [0.25, 0.3) is 0 Å². The Kier molecular flexibility index (Phi) is 15.8. The van der Waals surface area contributed by atoms with Crippen LogP contribution in [0.15, 0.2) is 0 Å². The maximum atomic E-state index is 5.39. The fraction of sp³-hybridized carbons (Fsp3) is 1.00. The van der Waals surface area contributed by atoms with E-state index >= 15 is 0 Å². The Bertz CT molecular complexity index is 23.7. The first-order valence-corrected chi connectivity index (χ1v) is 4.67. The molecule has 0 amide bonds. The van der Waals surface area contributed by atoms with E-state index in [1.807, 2.05) is 0 Å². The van der Waals surface area contributed by atoms with Crippen LogP contribution in [-0.4, -0.2) is 33.9 Å². The zero-order valence-electron chi connectivity index (χ0n) is 4.21. The number of halogens is 1. The first kappa shape index (κ1) is 10.9. The molecule has 0 saturated heterocycles. The van der Waals surface area contributed by atoms with E-state index in [4.69, 9.17) is 11.6 Å². The first-order valence-electron chi connectivity index (χ1n) is 2.12. The van der Waals surface area contributed by atoms with Crippen molar-refractivity contribution >= 4 is 34.1 Å². The molecule has 43 valence electrons. The summed E-state index contributed by atoms with van der Waals surface area (Å²) in [6.07, 6.45) is 2.52. The summed E-state index contributed by atoms with van der Waals surface area (Å²) in [7, 11) is 0. The van der Waals surface area contributed by atoms with Crippen molar-refractivity contribution in [1.82, 2.24) is 0 Å². The monoisotopic (exact) mass is 229 g/mol. The zero-order chi connectivity index (χ0) is 4.83. The van der Waals surface area contributed by atoms with Gasteiger partial charge in [-0.25, -0.2) is 0 Å². The van der Waals surface area contributed by atoms with Gasteiger partial charge in [0.2, 0.25) is 0 Å². The van der Waals surface area contributed by atoms with E-state index in [0.717, 1.165) is 5.88 Å². The molecule has 2 N–H and O–H groups in total. The Morgan fingerprint density at radius 3 is 2.00 bits per heavy atom. The SMILES string of the molecule is ClCCC[CH2][Sn].O. The van der Waals surface area contributed by atoms with Crippen LogP contribution in [0.5, 0.6) is 0 Å². The van der Waals surface area contributed by atoms with Crippen LogP contribution in [0.2, 0.25) is 4.44 Å². The Hall–Kier alpha value is 1.05. The minimum Gasteiger partial charge on any atom is -0.412 e. The second kappa shape index (κ2) is 10.1. The summed E-state index contributed by atoms with van der Waals surface area (Å²) >= 11 is 7.03. The van der Waals surface area contributed by atoms with Crippen molar-refractivity contribution in [2.24, 2.45) is 0 Å². The number of unbranched alkanes of at least 4 members (excludes halogenated alkanes) is 1. The van der Waals surface area contributed by atoms with Gasteiger partial charge in [0, 0.05) is 0 Å². The van der Waals surface area contributed by atoms with Gasteiger partial charge in [0.15, 0.2) is 0 Å². The molecule has 1 nitrogen and oxygen atoms in total. The van der Waals surface area contributed by atoms with Crippen LogP contribution in [0.25, 0.3) is 0 Å². The first-order chi connectivity index (χ1) is 2.91. The van der Waals surface area contributed by atoms with Gasteiger partial charge in [-0.2, -0.15) is 0 Å². The molecule has 0 atom stereocenters. The van der Waals surface area contributed by atoms with E-state index in [2.05, 4.69) is 0 Å². The molecule has 0 heterocycles. The maximum absolute atomic E-state index is 5.39. The Balaban J connectivity index is 0. The molecule has 0 fully saturated rings. The van der Waals surface area contributed by atoms with Gasteiger partial charge < -0.3 is 5.48 Å². The smallest absolute Gasteiger partial charge is 0.412 e. The third-order valence-electron chi connectivity index (χ3n) is 0.560. The molecule has 0 aromatic heterocycles. The van der Waals surface area contributed by atoms with Crippen molar-refractivity contribution < 1.29 is 5.48 Å². The predicted molar refractivity (Wildman–Crippen MR) is 34.1 cm³/mol. The van der Waals surface area contributed by atoms with Crippen molar-refractivity contribution in [2.45, 2.75) is 17.3 Å². The molecule has 0 unspecified atom stereocenters. The van der Waals surface area contributed by atoms with Crippen molar-refractivity contribution in [3.8, 4) is 0 Å². The summed E-state index contributed by atoms with van der Waals surface area (Å²) in [5.74, 6) is 0.842. The molecule has 0 aliphatic carbocycles. The molecule has 0 spiro atoms. The normalized spacial score (nSPS) is 7.71. The third-order valence-corrected chi connectivity index (χ3v) is 1.84. The Morgan fingerprint density at radius 1 is 1.29 bits per heavy atom. The summed E-state index contributed by atoms with van der Waals surface area (Å²) in [5, 5.41) is 0. The molecule has 0 bridgehead atoms. The fourth-order valence-corrected chi connectivity index (χ4v) is 1.12. The van der Waals surface area contributed by atoms with Gasteiger partial charge in [-0.1, -0.05) is 0 Å². The van der Waals surface area contributed by atoms with E-state index in [1.165, 1.54) is 17.3 Å². The van der Waals surface area contributed by atoms with Gasteiger partial charge in [0.05, 0.1) is 0 Å². The van der Waals surface area contributed by atoms with Crippen molar-refractivity contribution in [1.29, 1.82) is 0 Å². The molecule has 3 heteroatoms. The summed E-state index contributed by atoms with van der Waals surface area (Å²) in [6.45, 7) is 0. The number of rotatable bonds is 3. The summed E-state index contributed by atoms with van der Waals surface area (Å²) < 4.78 is 1.36. The van der Waals surface area contributed by atoms with E-state index in [9.17, 15) is 0 Å². The summed E-state index contributed by atoms with van der Waals surface area (Å²) in [6, 6.07) is 0. The fourth-order valence-electron chi connectivity index (χ4n) is 0.219. The molecule has 3 radical (unpaired) electrons. The van der Waals surface area contributed by atoms with Gasteiger partial charge in [-0.3, -0.25) is 0 Å².